The van der Waals surface area contributed by atoms with E-state index in [0.29, 0.717) is 11.3 Å². The van der Waals surface area contributed by atoms with Crippen molar-refractivity contribution in [3.05, 3.63) is 46.6 Å². The van der Waals surface area contributed by atoms with E-state index in [1.165, 1.54) is 32.5 Å². The number of carbonyl (C=O) groups excluding carboxylic acids is 1. The third kappa shape index (κ3) is 3.98. The van der Waals surface area contributed by atoms with Crippen LogP contribution >= 0.6 is 0 Å². The molecule has 0 atom stereocenters. The van der Waals surface area contributed by atoms with Gasteiger partial charge in [0.15, 0.2) is 18.6 Å². The molecule has 0 unspecified atom stereocenters. The first-order chi connectivity index (χ1) is 14.5. The molecule has 0 aliphatic carbocycles. The maximum Gasteiger partial charge on any atom is 0.270 e. The summed E-state index contributed by atoms with van der Waals surface area (Å²) in [7, 11) is 4.32. The minimum atomic E-state index is -0.619. The molecule has 1 heterocycles. The maximum absolute atomic E-state index is 13.1. The van der Waals surface area contributed by atoms with Crippen LogP contribution in [0.25, 0.3) is 22.3 Å². The molecule has 9 heteroatoms. The summed E-state index contributed by atoms with van der Waals surface area (Å²) < 4.78 is 27.2. The quantitative estimate of drug-likeness (QED) is 0.466. The minimum absolute atomic E-state index is 0.0213. The second-order valence-electron chi connectivity index (χ2n) is 5.97. The number of ether oxygens (including phenoxy) is 4. The van der Waals surface area contributed by atoms with Crippen molar-refractivity contribution >= 4 is 16.9 Å². The predicted molar refractivity (Wildman–Crippen MR) is 107 cm³/mol. The lowest BCUT2D eigenvalue weighted by atomic mass is 10.1. The molecule has 30 heavy (non-hydrogen) atoms. The van der Waals surface area contributed by atoms with Crippen LogP contribution in [0.5, 0.6) is 23.0 Å². The summed E-state index contributed by atoms with van der Waals surface area (Å²) in [5.74, 6) is 0.686. The van der Waals surface area contributed by atoms with Crippen molar-refractivity contribution in [1.29, 1.82) is 5.26 Å². The van der Waals surface area contributed by atoms with E-state index in [-0.39, 0.29) is 34.0 Å². The molecule has 154 valence electrons. The fourth-order valence-electron chi connectivity index (χ4n) is 2.85. The smallest absolute Gasteiger partial charge is 0.270 e. The third-order valence-electron chi connectivity index (χ3n) is 4.23. The van der Waals surface area contributed by atoms with Crippen molar-refractivity contribution in [1.82, 2.24) is 5.32 Å². The molecule has 0 saturated carbocycles. The number of benzene rings is 2. The molecule has 0 saturated heterocycles. The van der Waals surface area contributed by atoms with Crippen molar-refractivity contribution in [3.63, 3.8) is 0 Å². The highest BCUT2D eigenvalue weighted by Crippen LogP contribution is 2.36. The lowest BCUT2D eigenvalue weighted by Gasteiger charge is -2.13. The molecule has 0 radical (unpaired) electrons. The van der Waals surface area contributed by atoms with Gasteiger partial charge in [0.05, 0.1) is 21.3 Å². The molecule has 0 aliphatic rings. The number of hydrogen-bond donors (Lipinski definition) is 1. The van der Waals surface area contributed by atoms with Crippen LogP contribution in [0.4, 0.5) is 0 Å². The van der Waals surface area contributed by atoms with Crippen molar-refractivity contribution < 1.29 is 28.2 Å². The summed E-state index contributed by atoms with van der Waals surface area (Å²) in [4.78, 5) is 24.6. The minimum Gasteiger partial charge on any atom is -0.497 e. The van der Waals surface area contributed by atoms with Gasteiger partial charge >= 0.3 is 0 Å². The Morgan fingerprint density at radius 2 is 1.80 bits per heavy atom. The Morgan fingerprint density at radius 3 is 2.40 bits per heavy atom. The van der Waals surface area contributed by atoms with Gasteiger partial charge in [-0.3, -0.25) is 14.9 Å². The summed E-state index contributed by atoms with van der Waals surface area (Å²) in [6.45, 7) is -0.395. The van der Waals surface area contributed by atoms with Crippen LogP contribution in [0.3, 0.4) is 0 Å². The number of rotatable bonds is 7. The second-order valence-corrected chi connectivity index (χ2v) is 5.97. The highest BCUT2D eigenvalue weighted by Gasteiger charge is 2.21. The fourth-order valence-corrected chi connectivity index (χ4v) is 2.85. The Kier molecular flexibility index (Phi) is 6.08. The molecular weight excluding hydrogens is 392 g/mol. The van der Waals surface area contributed by atoms with Gasteiger partial charge in [0.25, 0.3) is 5.91 Å². The standard InChI is InChI=1S/C21H18N2O7/c1-26-13-6-4-12(5-7-13)20-21(28-3)19(25)18-15(27-2)8-14(9-16(18)30-20)29-10-17(24)23-11-22/h4-9H,10H2,1-3H3,(H,23,24). The van der Waals surface area contributed by atoms with E-state index in [0.717, 1.165) is 0 Å². The molecule has 0 aliphatic heterocycles. The molecule has 2 aromatic carbocycles. The van der Waals surface area contributed by atoms with Crippen LogP contribution in [-0.2, 0) is 4.79 Å². The summed E-state index contributed by atoms with van der Waals surface area (Å²) in [6, 6.07) is 9.83. The zero-order valence-corrected chi connectivity index (χ0v) is 16.5. The monoisotopic (exact) mass is 410 g/mol. The molecule has 1 amide bonds. The van der Waals surface area contributed by atoms with E-state index in [1.54, 1.807) is 31.4 Å². The first-order valence-electron chi connectivity index (χ1n) is 8.70. The van der Waals surface area contributed by atoms with Gasteiger partial charge in [-0.2, -0.15) is 5.26 Å². The molecule has 1 N–H and O–H groups in total. The number of amides is 1. The van der Waals surface area contributed by atoms with Gasteiger partial charge in [0, 0.05) is 17.7 Å². The SMILES string of the molecule is COc1ccc(-c2oc3cc(OCC(=O)NC#N)cc(OC)c3c(=O)c2OC)cc1. The first-order valence-corrected chi connectivity index (χ1v) is 8.70. The zero-order valence-electron chi connectivity index (χ0n) is 16.5. The largest absolute Gasteiger partial charge is 0.497 e. The summed E-state index contributed by atoms with van der Waals surface area (Å²) >= 11 is 0. The summed E-state index contributed by atoms with van der Waals surface area (Å²) in [5.41, 5.74) is 0.363. The first kappa shape index (κ1) is 20.5. The molecule has 3 rings (SSSR count). The zero-order chi connectivity index (χ0) is 21.7. The lowest BCUT2D eigenvalue weighted by Crippen LogP contribution is -2.24. The molecule has 0 spiro atoms. The van der Waals surface area contributed by atoms with E-state index >= 15 is 0 Å². The third-order valence-corrected chi connectivity index (χ3v) is 4.23. The molecule has 3 aromatic rings. The Balaban J connectivity index is 2.15. The Labute approximate surface area is 171 Å². The lowest BCUT2D eigenvalue weighted by molar-refractivity contribution is -0.121. The van der Waals surface area contributed by atoms with E-state index in [4.69, 9.17) is 28.6 Å². The van der Waals surface area contributed by atoms with Crippen LogP contribution in [-0.4, -0.2) is 33.8 Å². The molecular formula is C21H18N2O7. The van der Waals surface area contributed by atoms with Crippen LogP contribution < -0.4 is 29.7 Å². The van der Waals surface area contributed by atoms with E-state index in [2.05, 4.69) is 0 Å². The van der Waals surface area contributed by atoms with Crippen LogP contribution in [0.1, 0.15) is 0 Å². The number of hydrogen-bond acceptors (Lipinski definition) is 8. The number of fused-ring (bicyclic) bond motifs is 1. The summed E-state index contributed by atoms with van der Waals surface area (Å²) in [5, 5.41) is 10.6. The van der Waals surface area contributed by atoms with Gasteiger partial charge in [0.2, 0.25) is 11.2 Å². The van der Waals surface area contributed by atoms with E-state index in [1.807, 2.05) is 5.32 Å². The normalized spacial score (nSPS) is 10.2. The van der Waals surface area contributed by atoms with Gasteiger partial charge in [-0.05, 0) is 24.3 Å². The molecule has 0 fully saturated rings. The van der Waals surface area contributed by atoms with Crippen LogP contribution in [0.2, 0.25) is 0 Å². The number of nitrogens with one attached hydrogen (secondary N) is 1. The van der Waals surface area contributed by atoms with Crippen molar-refractivity contribution in [3.8, 4) is 40.5 Å². The van der Waals surface area contributed by atoms with Gasteiger partial charge in [-0.15, -0.1) is 0 Å². The molecule has 1 aromatic heterocycles. The number of carbonyl (C=O) groups is 1. The van der Waals surface area contributed by atoms with Gasteiger partial charge in [0.1, 0.15) is 28.2 Å². The van der Waals surface area contributed by atoms with Gasteiger partial charge in [-0.25, -0.2) is 0 Å². The molecule has 9 nitrogen and oxygen atoms in total. The second kappa shape index (κ2) is 8.87. The Bertz CT molecular complexity index is 1180. The number of methoxy groups -OCH3 is 3. The maximum atomic E-state index is 13.1. The number of nitriles is 1. The average molecular weight is 410 g/mol. The predicted octanol–water partition coefficient (Wildman–Crippen LogP) is 2.46. The Hall–Kier alpha value is -4.19. The van der Waals surface area contributed by atoms with E-state index < -0.39 is 17.9 Å². The van der Waals surface area contributed by atoms with Crippen LogP contribution in [0.15, 0.2) is 45.6 Å². The van der Waals surface area contributed by atoms with Crippen molar-refractivity contribution in [2.75, 3.05) is 27.9 Å². The average Bonchev–Trinajstić information content (AvgIpc) is 2.77. The Morgan fingerprint density at radius 1 is 1.07 bits per heavy atom. The van der Waals surface area contributed by atoms with Gasteiger partial charge < -0.3 is 23.4 Å². The van der Waals surface area contributed by atoms with Crippen molar-refractivity contribution in [2.24, 2.45) is 0 Å². The van der Waals surface area contributed by atoms with Gasteiger partial charge in [-0.1, -0.05) is 0 Å². The highest BCUT2D eigenvalue weighted by molar-refractivity contribution is 5.89. The fraction of sp³-hybridized carbons (Fsp3) is 0.190. The highest BCUT2D eigenvalue weighted by atomic mass is 16.5. The topological polar surface area (TPSA) is 120 Å². The molecule has 0 bridgehead atoms. The van der Waals surface area contributed by atoms with E-state index in [9.17, 15) is 9.59 Å². The van der Waals surface area contributed by atoms with Crippen LogP contribution in [0, 0.1) is 11.5 Å². The number of nitrogens with zero attached hydrogens (tertiary/aromatic N) is 1. The van der Waals surface area contributed by atoms with Crippen molar-refractivity contribution in [2.45, 2.75) is 0 Å². The summed E-state index contributed by atoms with van der Waals surface area (Å²) in [6.07, 6.45) is 1.52.